The van der Waals surface area contributed by atoms with Gasteiger partial charge in [-0.25, -0.2) is 8.42 Å². The van der Waals surface area contributed by atoms with Gasteiger partial charge in [-0.05, 0) is 57.5 Å². The van der Waals surface area contributed by atoms with Gasteiger partial charge >= 0.3 is 0 Å². The van der Waals surface area contributed by atoms with E-state index in [9.17, 15) is 8.42 Å². The highest BCUT2D eigenvalue weighted by Gasteiger charge is 2.19. The zero-order valence-electron chi connectivity index (χ0n) is 12.7. The van der Waals surface area contributed by atoms with E-state index >= 15 is 0 Å². The van der Waals surface area contributed by atoms with Gasteiger partial charge in [-0.15, -0.1) is 0 Å². The van der Waals surface area contributed by atoms with Gasteiger partial charge in [0.15, 0.2) is 9.84 Å². The molecular formula is C15H22N2O3S. The van der Waals surface area contributed by atoms with Crippen LogP contribution in [-0.4, -0.2) is 33.9 Å². The molecule has 116 valence electrons. The first-order valence-corrected chi connectivity index (χ1v) is 8.73. The van der Waals surface area contributed by atoms with Crippen LogP contribution in [0.5, 0.6) is 5.75 Å². The van der Waals surface area contributed by atoms with Gasteiger partial charge in [-0.2, -0.15) is 5.26 Å². The number of nitriles is 1. The first kappa shape index (κ1) is 17.5. The summed E-state index contributed by atoms with van der Waals surface area (Å²) >= 11 is 0. The molecule has 21 heavy (non-hydrogen) atoms. The second-order valence-corrected chi connectivity index (χ2v) is 7.26. The fraction of sp³-hybridized carbons (Fsp3) is 0.533. The normalized spacial score (nSPS) is 14.2. The standard InChI is InChI=1S/C15H22N2O3S/c1-15(12-16,17-2)10-4-5-11-20-13-6-8-14(9-7-13)21(3,18)19/h6-9,17H,4-5,10-11H2,1-3H3. The number of hydrogen-bond donors (Lipinski definition) is 1. The van der Waals surface area contributed by atoms with Crippen LogP contribution in [0.25, 0.3) is 0 Å². The topological polar surface area (TPSA) is 79.2 Å². The van der Waals surface area contributed by atoms with Gasteiger partial charge in [0.05, 0.1) is 17.6 Å². The number of ether oxygens (including phenoxy) is 1. The number of nitrogens with one attached hydrogen (secondary N) is 1. The van der Waals surface area contributed by atoms with E-state index in [0.717, 1.165) is 19.3 Å². The van der Waals surface area contributed by atoms with Gasteiger partial charge in [0.25, 0.3) is 0 Å². The van der Waals surface area contributed by atoms with E-state index in [-0.39, 0.29) is 4.90 Å². The van der Waals surface area contributed by atoms with Crippen molar-refractivity contribution in [1.29, 1.82) is 5.26 Å². The molecule has 1 atom stereocenters. The zero-order valence-corrected chi connectivity index (χ0v) is 13.5. The number of unbranched alkanes of at least 4 members (excludes halogenated alkanes) is 1. The van der Waals surface area contributed by atoms with E-state index in [1.165, 1.54) is 6.26 Å². The van der Waals surface area contributed by atoms with Crippen molar-refractivity contribution in [2.24, 2.45) is 0 Å². The molecule has 0 bridgehead atoms. The minimum absolute atomic E-state index is 0.286. The highest BCUT2D eigenvalue weighted by Crippen LogP contribution is 2.17. The Morgan fingerprint density at radius 2 is 1.90 bits per heavy atom. The minimum atomic E-state index is -3.16. The molecule has 1 aromatic carbocycles. The van der Waals surface area contributed by atoms with Crippen LogP contribution in [-0.2, 0) is 9.84 Å². The highest BCUT2D eigenvalue weighted by atomic mass is 32.2. The molecule has 1 aromatic rings. The van der Waals surface area contributed by atoms with Gasteiger partial charge in [-0.1, -0.05) is 0 Å². The monoisotopic (exact) mass is 310 g/mol. The van der Waals surface area contributed by atoms with E-state index in [0.29, 0.717) is 12.4 Å². The summed E-state index contributed by atoms with van der Waals surface area (Å²) in [5, 5.41) is 12.0. The number of rotatable bonds is 8. The molecule has 0 saturated heterocycles. The molecule has 0 aliphatic carbocycles. The summed E-state index contributed by atoms with van der Waals surface area (Å²) in [7, 11) is -1.38. The maximum atomic E-state index is 11.3. The Morgan fingerprint density at radius 1 is 1.29 bits per heavy atom. The Labute approximate surface area is 126 Å². The lowest BCUT2D eigenvalue weighted by atomic mass is 9.97. The zero-order chi connectivity index (χ0) is 15.9. The third kappa shape index (κ3) is 5.74. The number of sulfone groups is 1. The number of benzene rings is 1. The first-order valence-electron chi connectivity index (χ1n) is 6.84. The van der Waals surface area contributed by atoms with Crippen LogP contribution in [0.1, 0.15) is 26.2 Å². The van der Waals surface area contributed by atoms with Crippen LogP contribution in [0.4, 0.5) is 0 Å². The lowest BCUT2D eigenvalue weighted by Gasteiger charge is -2.20. The molecule has 0 heterocycles. The summed E-state index contributed by atoms with van der Waals surface area (Å²) in [6.45, 7) is 2.42. The van der Waals surface area contributed by atoms with Crippen LogP contribution in [0.2, 0.25) is 0 Å². The fourth-order valence-electron chi connectivity index (χ4n) is 1.79. The number of nitrogens with zero attached hydrogens (tertiary/aromatic N) is 1. The third-order valence-electron chi connectivity index (χ3n) is 3.39. The van der Waals surface area contributed by atoms with Crippen LogP contribution >= 0.6 is 0 Å². The van der Waals surface area contributed by atoms with Gasteiger partial charge in [-0.3, -0.25) is 0 Å². The first-order chi connectivity index (χ1) is 9.80. The predicted octanol–water partition coefficient (Wildman–Crippen LogP) is 2.14. The molecule has 0 aromatic heterocycles. The molecule has 0 fully saturated rings. The smallest absolute Gasteiger partial charge is 0.175 e. The van der Waals surface area contributed by atoms with Crippen molar-refractivity contribution in [2.75, 3.05) is 19.9 Å². The Bertz CT molecular complexity index is 590. The molecule has 0 saturated carbocycles. The summed E-state index contributed by atoms with van der Waals surface area (Å²) in [6.07, 6.45) is 3.66. The third-order valence-corrected chi connectivity index (χ3v) is 4.52. The lowest BCUT2D eigenvalue weighted by molar-refractivity contribution is 0.297. The average molecular weight is 310 g/mol. The summed E-state index contributed by atoms with van der Waals surface area (Å²) in [4.78, 5) is 0.286. The van der Waals surface area contributed by atoms with Crippen molar-refractivity contribution in [1.82, 2.24) is 5.32 Å². The molecule has 0 aliphatic heterocycles. The van der Waals surface area contributed by atoms with Crippen LogP contribution in [0, 0.1) is 11.3 Å². The largest absolute Gasteiger partial charge is 0.494 e. The molecule has 0 radical (unpaired) electrons. The van der Waals surface area contributed by atoms with Crippen molar-refractivity contribution in [3.05, 3.63) is 24.3 Å². The molecule has 1 unspecified atom stereocenters. The van der Waals surface area contributed by atoms with Gasteiger partial charge in [0, 0.05) is 6.26 Å². The molecule has 5 nitrogen and oxygen atoms in total. The van der Waals surface area contributed by atoms with Gasteiger partial charge in [0.1, 0.15) is 11.3 Å². The highest BCUT2D eigenvalue weighted by molar-refractivity contribution is 7.90. The van der Waals surface area contributed by atoms with Crippen LogP contribution in [0.15, 0.2) is 29.2 Å². The predicted molar refractivity (Wildman–Crippen MR) is 82.0 cm³/mol. The van der Waals surface area contributed by atoms with E-state index in [2.05, 4.69) is 11.4 Å². The van der Waals surface area contributed by atoms with Crippen LogP contribution in [0.3, 0.4) is 0 Å². The quantitative estimate of drug-likeness (QED) is 0.744. The van der Waals surface area contributed by atoms with E-state index < -0.39 is 15.4 Å². The molecule has 0 aliphatic rings. The van der Waals surface area contributed by atoms with Crippen molar-refractivity contribution in [2.45, 2.75) is 36.6 Å². The Kier molecular flexibility index (Phi) is 6.19. The van der Waals surface area contributed by atoms with Crippen LogP contribution < -0.4 is 10.1 Å². The number of hydrogen-bond acceptors (Lipinski definition) is 5. The molecular weight excluding hydrogens is 288 g/mol. The van der Waals surface area contributed by atoms with E-state index in [4.69, 9.17) is 10.00 Å². The summed E-state index contributed by atoms with van der Waals surface area (Å²) in [5.74, 6) is 0.652. The molecule has 6 heteroatoms. The van der Waals surface area contributed by atoms with Crippen molar-refractivity contribution >= 4 is 9.84 Å². The minimum Gasteiger partial charge on any atom is -0.494 e. The van der Waals surface area contributed by atoms with Gasteiger partial charge in [0.2, 0.25) is 0 Å². The maximum Gasteiger partial charge on any atom is 0.175 e. The summed E-state index contributed by atoms with van der Waals surface area (Å²) < 4.78 is 28.2. The van der Waals surface area contributed by atoms with Crippen molar-refractivity contribution in [3.63, 3.8) is 0 Å². The second kappa shape index (κ2) is 7.43. The summed E-state index contributed by atoms with van der Waals surface area (Å²) in [6, 6.07) is 8.64. The molecule has 1 rings (SSSR count). The van der Waals surface area contributed by atoms with Crippen molar-refractivity contribution in [3.8, 4) is 11.8 Å². The Morgan fingerprint density at radius 3 is 2.38 bits per heavy atom. The fourth-order valence-corrected chi connectivity index (χ4v) is 2.42. The van der Waals surface area contributed by atoms with E-state index in [1.54, 1.807) is 31.3 Å². The molecule has 0 amide bonds. The van der Waals surface area contributed by atoms with Crippen molar-refractivity contribution < 1.29 is 13.2 Å². The van der Waals surface area contributed by atoms with E-state index in [1.807, 2.05) is 6.92 Å². The Balaban J connectivity index is 2.36. The Hall–Kier alpha value is -1.58. The molecule has 0 spiro atoms. The lowest BCUT2D eigenvalue weighted by Crippen LogP contribution is -2.37. The molecule has 1 N–H and O–H groups in total. The van der Waals surface area contributed by atoms with Gasteiger partial charge < -0.3 is 10.1 Å². The average Bonchev–Trinajstić information content (AvgIpc) is 2.46. The second-order valence-electron chi connectivity index (χ2n) is 5.24. The SMILES string of the molecule is CNC(C)(C#N)CCCCOc1ccc(S(C)(=O)=O)cc1. The maximum absolute atomic E-state index is 11.3. The summed E-state index contributed by atoms with van der Waals surface area (Å²) in [5.41, 5.74) is -0.489.